The number of carbonyl (C=O) groups excluding carboxylic acids is 3. The minimum Gasteiger partial charge on any atom is -0.461 e. The Balaban J connectivity index is 1.94. The van der Waals surface area contributed by atoms with Gasteiger partial charge in [0, 0.05) is 12.2 Å². The molecule has 116 valence electrons. The number of nitrogens with zero attached hydrogens (tertiary/aromatic N) is 1. The molecule has 0 radical (unpaired) electrons. The smallest absolute Gasteiger partial charge is 0.326 e. The second-order valence-corrected chi connectivity index (χ2v) is 6.45. The van der Waals surface area contributed by atoms with Gasteiger partial charge >= 0.3 is 5.97 Å². The summed E-state index contributed by atoms with van der Waals surface area (Å²) < 4.78 is 5.58. The first kappa shape index (κ1) is 15.7. The average Bonchev–Trinajstić information content (AvgIpc) is 2.70. The van der Waals surface area contributed by atoms with Gasteiger partial charge in [0.2, 0.25) is 0 Å². The molecule has 5 nitrogen and oxygen atoms in total. The number of carbonyl (C=O) groups is 3. The Morgan fingerprint density at radius 1 is 1.29 bits per heavy atom. The summed E-state index contributed by atoms with van der Waals surface area (Å²) in [6.45, 7) is 6.15. The zero-order valence-corrected chi connectivity index (χ0v) is 12.9. The third-order valence-electron chi connectivity index (χ3n) is 4.43. The molecular formula is C16H23NO4. The number of esters is 1. The summed E-state index contributed by atoms with van der Waals surface area (Å²) in [5, 5.41) is 0. The molecule has 5 heteroatoms. The van der Waals surface area contributed by atoms with E-state index in [1.807, 2.05) is 0 Å². The van der Waals surface area contributed by atoms with Gasteiger partial charge in [0.15, 0.2) is 0 Å². The summed E-state index contributed by atoms with van der Waals surface area (Å²) in [6.07, 6.45) is 5.31. The van der Waals surface area contributed by atoms with Crippen LogP contribution in [0.4, 0.5) is 0 Å². The van der Waals surface area contributed by atoms with Gasteiger partial charge < -0.3 is 4.74 Å². The second-order valence-electron chi connectivity index (χ2n) is 6.45. The van der Waals surface area contributed by atoms with Crippen molar-refractivity contribution in [1.82, 2.24) is 4.90 Å². The molecule has 2 amide bonds. The van der Waals surface area contributed by atoms with E-state index in [0.29, 0.717) is 17.8 Å². The van der Waals surface area contributed by atoms with Gasteiger partial charge in [-0.15, -0.1) is 0 Å². The predicted octanol–water partition coefficient (Wildman–Crippen LogP) is 1.92. The minimum atomic E-state index is -0.495. The van der Waals surface area contributed by atoms with E-state index < -0.39 is 17.8 Å². The average molecular weight is 293 g/mol. The van der Waals surface area contributed by atoms with Gasteiger partial charge in [-0.2, -0.15) is 0 Å². The van der Waals surface area contributed by atoms with Crippen molar-refractivity contribution in [3.63, 3.8) is 0 Å². The van der Waals surface area contributed by atoms with Crippen molar-refractivity contribution >= 4 is 17.8 Å². The lowest BCUT2D eigenvalue weighted by atomic mass is 9.75. The highest BCUT2D eigenvalue weighted by molar-refractivity contribution is 6.14. The van der Waals surface area contributed by atoms with Crippen molar-refractivity contribution < 1.29 is 19.1 Å². The van der Waals surface area contributed by atoms with Crippen LogP contribution in [-0.4, -0.2) is 35.3 Å². The van der Waals surface area contributed by atoms with Crippen molar-refractivity contribution in [1.29, 1.82) is 0 Å². The molecule has 1 aliphatic carbocycles. The van der Waals surface area contributed by atoms with Crippen molar-refractivity contribution in [2.45, 2.75) is 46.1 Å². The van der Waals surface area contributed by atoms with Crippen LogP contribution in [0.5, 0.6) is 0 Å². The lowest BCUT2D eigenvalue weighted by Gasteiger charge is -2.36. The SMILES string of the molecule is CC(C)[C@@H]1CC[C@@H](C)C[C@H]1OC(=O)CN1C(=O)C=CC1=O. The van der Waals surface area contributed by atoms with Crippen LogP contribution in [0.15, 0.2) is 12.2 Å². The molecule has 0 N–H and O–H groups in total. The highest BCUT2D eigenvalue weighted by atomic mass is 16.5. The summed E-state index contributed by atoms with van der Waals surface area (Å²) >= 11 is 0. The van der Waals surface area contributed by atoms with Crippen molar-refractivity contribution in [2.24, 2.45) is 17.8 Å². The van der Waals surface area contributed by atoms with Crippen LogP contribution in [0.2, 0.25) is 0 Å². The van der Waals surface area contributed by atoms with E-state index >= 15 is 0 Å². The molecule has 0 aromatic rings. The quantitative estimate of drug-likeness (QED) is 0.587. The highest BCUT2D eigenvalue weighted by Gasteiger charge is 2.34. The molecule has 21 heavy (non-hydrogen) atoms. The largest absolute Gasteiger partial charge is 0.461 e. The molecule has 3 atom stereocenters. The Morgan fingerprint density at radius 3 is 2.48 bits per heavy atom. The highest BCUT2D eigenvalue weighted by Crippen LogP contribution is 2.35. The number of hydrogen-bond acceptors (Lipinski definition) is 4. The Bertz CT molecular complexity index is 451. The third-order valence-corrected chi connectivity index (χ3v) is 4.43. The molecule has 0 aromatic carbocycles. The first-order valence-electron chi connectivity index (χ1n) is 7.61. The Hall–Kier alpha value is -1.65. The van der Waals surface area contributed by atoms with Crippen LogP contribution >= 0.6 is 0 Å². The predicted molar refractivity (Wildman–Crippen MR) is 77.1 cm³/mol. The molecule has 2 aliphatic rings. The molecule has 0 unspecified atom stereocenters. The normalized spacial score (nSPS) is 29.3. The number of ether oxygens (including phenoxy) is 1. The van der Waals surface area contributed by atoms with Gasteiger partial charge in [0.25, 0.3) is 11.8 Å². The Labute approximate surface area is 125 Å². The summed E-state index contributed by atoms with van der Waals surface area (Å²) in [5.41, 5.74) is 0. The molecule has 0 spiro atoms. The zero-order chi connectivity index (χ0) is 15.6. The molecule has 1 aliphatic heterocycles. The van der Waals surface area contributed by atoms with Gasteiger partial charge in [0.1, 0.15) is 12.6 Å². The van der Waals surface area contributed by atoms with Crippen LogP contribution in [0.1, 0.15) is 40.0 Å². The Morgan fingerprint density at radius 2 is 1.90 bits per heavy atom. The molecule has 1 heterocycles. The van der Waals surface area contributed by atoms with Crippen LogP contribution in [-0.2, 0) is 19.1 Å². The van der Waals surface area contributed by atoms with Crippen molar-refractivity contribution in [2.75, 3.05) is 6.54 Å². The fourth-order valence-corrected chi connectivity index (χ4v) is 3.17. The van der Waals surface area contributed by atoms with E-state index in [4.69, 9.17) is 4.74 Å². The topological polar surface area (TPSA) is 63.7 Å². The number of hydrogen-bond donors (Lipinski definition) is 0. The maximum atomic E-state index is 12.0. The number of amides is 2. The summed E-state index contributed by atoms with van der Waals surface area (Å²) in [5.74, 6) is -0.0521. The van der Waals surface area contributed by atoms with Crippen LogP contribution in [0.25, 0.3) is 0 Å². The maximum absolute atomic E-state index is 12.0. The fraction of sp³-hybridized carbons (Fsp3) is 0.688. The lowest BCUT2D eigenvalue weighted by Crippen LogP contribution is -2.40. The van der Waals surface area contributed by atoms with Gasteiger partial charge in [-0.25, -0.2) is 0 Å². The summed E-state index contributed by atoms with van der Waals surface area (Å²) in [4.78, 5) is 35.8. The second kappa shape index (κ2) is 6.41. The molecule has 1 saturated carbocycles. The van der Waals surface area contributed by atoms with Crippen LogP contribution in [0.3, 0.4) is 0 Å². The van der Waals surface area contributed by atoms with E-state index in [-0.39, 0.29) is 12.6 Å². The molecule has 0 aromatic heterocycles. The van der Waals surface area contributed by atoms with Crippen molar-refractivity contribution in [3.8, 4) is 0 Å². The Kier molecular flexibility index (Phi) is 4.80. The first-order chi connectivity index (χ1) is 9.88. The summed E-state index contributed by atoms with van der Waals surface area (Å²) in [6, 6.07) is 0. The fourth-order valence-electron chi connectivity index (χ4n) is 3.17. The molecule has 0 saturated heterocycles. The monoisotopic (exact) mass is 293 g/mol. The van der Waals surface area contributed by atoms with Crippen LogP contribution in [0, 0.1) is 17.8 Å². The maximum Gasteiger partial charge on any atom is 0.326 e. The van der Waals surface area contributed by atoms with Crippen molar-refractivity contribution in [3.05, 3.63) is 12.2 Å². The standard InChI is InChI=1S/C16H23NO4/c1-10(2)12-5-4-11(3)8-13(12)21-16(20)9-17-14(18)6-7-15(17)19/h6-7,10-13H,4-5,8-9H2,1-3H3/t11-,12+,13-/m1/s1. The van der Waals surface area contributed by atoms with Gasteiger partial charge in [-0.05, 0) is 30.6 Å². The van der Waals surface area contributed by atoms with Gasteiger partial charge in [-0.3, -0.25) is 19.3 Å². The molecule has 0 bridgehead atoms. The number of imide groups is 1. The van der Waals surface area contributed by atoms with Gasteiger partial charge in [-0.1, -0.05) is 27.2 Å². The molecule has 2 rings (SSSR count). The first-order valence-corrected chi connectivity index (χ1v) is 7.61. The van der Waals surface area contributed by atoms with E-state index in [9.17, 15) is 14.4 Å². The summed E-state index contributed by atoms with van der Waals surface area (Å²) in [7, 11) is 0. The third kappa shape index (κ3) is 3.71. The van der Waals surface area contributed by atoms with E-state index in [1.54, 1.807) is 0 Å². The minimum absolute atomic E-state index is 0.109. The van der Waals surface area contributed by atoms with E-state index in [1.165, 1.54) is 12.2 Å². The molecular weight excluding hydrogens is 270 g/mol. The van der Waals surface area contributed by atoms with E-state index in [2.05, 4.69) is 20.8 Å². The number of rotatable bonds is 4. The molecule has 1 fully saturated rings. The zero-order valence-electron chi connectivity index (χ0n) is 12.9. The lowest BCUT2D eigenvalue weighted by molar-refractivity contribution is -0.161. The van der Waals surface area contributed by atoms with Crippen LogP contribution < -0.4 is 0 Å². The van der Waals surface area contributed by atoms with E-state index in [0.717, 1.165) is 24.2 Å². The van der Waals surface area contributed by atoms with Gasteiger partial charge in [0.05, 0.1) is 0 Å².